The van der Waals surface area contributed by atoms with Gasteiger partial charge >= 0.3 is 6.03 Å². The SMILES string of the molecule is COc1ccc2c(c1)CCC[C@@]21NC(=O)N(CCCOc2ccccc2)C1=O. The summed E-state index contributed by atoms with van der Waals surface area (Å²) < 4.78 is 11.0. The Bertz CT molecular complexity index is 883. The van der Waals surface area contributed by atoms with Gasteiger partial charge in [-0.3, -0.25) is 9.69 Å². The summed E-state index contributed by atoms with van der Waals surface area (Å²) in [6.45, 7) is 0.784. The molecule has 3 amide bonds. The Morgan fingerprint density at radius 1 is 1.11 bits per heavy atom. The number of imide groups is 1. The Morgan fingerprint density at radius 2 is 1.93 bits per heavy atom. The highest BCUT2D eigenvalue weighted by Gasteiger charge is 2.53. The van der Waals surface area contributed by atoms with E-state index in [1.807, 2.05) is 48.5 Å². The average molecular weight is 380 g/mol. The van der Waals surface area contributed by atoms with E-state index in [2.05, 4.69) is 5.32 Å². The van der Waals surface area contributed by atoms with Crippen molar-refractivity contribution >= 4 is 11.9 Å². The molecule has 28 heavy (non-hydrogen) atoms. The molecule has 1 spiro atoms. The van der Waals surface area contributed by atoms with Gasteiger partial charge in [0.25, 0.3) is 5.91 Å². The monoisotopic (exact) mass is 380 g/mol. The lowest BCUT2D eigenvalue weighted by Crippen LogP contribution is -2.46. The Balaban J connectivity index is 1.46. The van der Waals surface area contributed by atoms with Crippen molar-refractivity contribution in [2.24, 2.45) is 0 Å². The first-order chi connectivity index (χ1) is 13.6. The number of rotatable bonds is 6. The molecule has 0 aromatic heterocycles. The molecule has 1 atom stereocenters. The van der Waals surface area contributed by atoms with Crippen LogP contribution in [-0.4, -0.2) is 37.1 Å². The molecular formula is C22H24N2O4. The van der Waals surface area contributed by atoms with E-state index < -0.39 is 5.54 Å². The zero-order valence-corrected chi connectivity index (χ0v) is 15.9. The fraction of sp³-hybridized carbons (Fsp3) is 0.364. The van der Waals surface area contributed by atoms with Crippen LogP contribution < -0.4 is 14.8 Å². The molecule has 6 heteroatoms. The van der Waals surface area contributed by atoms with Gasteiger partial charge in [-0.15, -0.1) is 0 Å². The quantitative estimate of drug-likeness (QED) is 0.617. The number of ether oxygens (including phenoxy) is 2. The highest BCUT2D eigenvalue weighted by atomic mass is 16.5. The molecule has 1 saturated heterocycles. The first-order valence-electron chi connectivity index (χ1n) is 9.63. The molecule has 6 nitrogen and oxygen atoms in total. The Kier molecular flexibility index (Phi) is 4.94. The van der Waals surface area contributed by atoms with Gasteiger partial charge in [0.05, 0.1) is 13.7 Å². The maximum atomic E-state index is 13.2. The summed E-state index contributed by atoms with van der Waals surface area (Å²) in [5, 5.41) is 2.98. The van der Waals surface area contributed by atoms with Crippen molar-refractivity contribution < 1.29 is 19.1 Å². The van der Waals surface area contributed by atoms with Crippen LogP contribution >= 0.6 is 0 Å². The zero-order valence-electron chi connectivity index (χ0n) is 15.9. The van der Waals surface area contributed by atoms with Crippen LogP contribution in [0.3, 0.4) is 0 Å². The number of nitrogens with one attached hydrogen (secondary N) is 1. The fourth-order valence-corrected chi connectivity index (χ4v) is 4.11. The van der Waals surface area contributed by atoms with E-state index in [9.17, 15) is 9.59 Å². The van der Waals surface area contributed by atoms with Crippen LogP contribution in [0.4, 0.5) is 4.79 Å². The smallest absolute Gasteiger partial charge is 0.325 e. The van der Waals surface area contributed by atoms with Gasteiger partial charge in [0.15, 0.2) is 0 Å². The van der Waals surface area contributed by atoms with Crippen LogP contribution in [0.25, 0.3) is 0 Å². The molecule has 1 aliphatic carbocycles. The molecule has 0 saturated carbocycles. The summed E-state index contributed by atoms with van der Waals surface area (Å²) >= 11 is 0. The number of hydrogen-bond donors (Lipinski definition) is 1. The molecule has 1 N–H and O–H groups in total. The minimum Gasteiger partial charge on any atom is -0.497 e. The normalized spacial score (nSPS) is 20.8. The second-order valence-corrected chi connectivity index (χ2v) is 7.18. The van der Waals surface area contributed by atoms with Crippen LogP contribution in [0, 0.1) is 0 Å². The van der Waals surface area contributed by atoms with Crippen molar-refractivity contribution in [3.05, 3.63) is 59.7 Å². The minimum atomic E-state index is -0.947. The predicted molar refractivity (Wildman–Crippen MR) is 104 cm³/mol. The molecule has 1 fully saturated rings. The van der Waals surface area contributed by atoms with Gasteiger partial charge in [0.1, 0.15) is 17.0 Å². The van der Waals surface area contributed by atoms with E-state index in [4.69, 9.17) is 9.47 Å². The van der Waals surface area contributed by atoms with Crippen LogP contribution in [0.5, 0.6) is 11.5 Å². The molecule has 2 aromatic carbocycles. The molecule has 0 radical (unpaired) electrons. The lowest BCUT2D eigenvalue weighted by atomic mass is 9.76. The molecule has 0 unspecified atom stereocenters. The van der Waals surface area contributed by atoms with Gasteiger partial charge in [-0.05, 0) is 61.1 Å². The number of methoxy groups -OCH3 is 1. The van der Waals surface area contributed by atoms with E-state index in [1.165, 1.54) is 4.90 Å². The third kappa shape index (κ3) is 3.19. The molecule has 146 valence electrons. The largest absolute Gasteiger partial charge is 0.497 e. The van der Waals surface area contributed by atoms with E-state index in [0.29, 0.717) is 26.0 Å². The number of fused-ring (bicyclic) bond motifs is 2. The Labute approximate surface area is 164 Å². The number of hydrogen-bond acceptors (Lipinski definition) is 4. The number of aryl methyl sites for hydroxylation is 1. The van der Waals surface area contributed by atoms with E-state index >= 15 is 0 Å². The van der Waals surface area contributed by atoms with Crippen molar-refractivity contribution in [1.29, 1.82) is 0 Å². The summed E-state index contributed by atoms with van der Waals surface area (Å²) in [7, 11) is 1.63. The number of amides is 3. The molecule has 1 heterocycles. The van der Waals surface area contributed by atoms with E-state index in [-0.39, 0.29) is 11.9 Å². The van der Waals surface area contributed by atoms with Crippen molar-refractivity contribution in [3.8, 4) is 11.5 Å². The van der Waals surface area contributed by atoms with Crippen LogP contribution in [0.15, 0.2) is 48.5 Å². The fourth-order valence-electron chi connectivity index (χ4n) is 4.11. The standard InChI is InChI=1S/C22H24N2O4/c1-27-18-10-11-19-16(15-18)7-5-12-22(19)20(25)24(21(26)23-22)13-6-14-28-17-8-3-2-4-9-17/h2-4,8-11,15H,5-7,12-14H2,1H3,(H,23,26)/t22-/m1/s1. The summed E-state index contributed by atoms with van der Waals surface area (Å²) in [6, 6.07) is 14.9. The molecule has 2 aromatic rings. The maximum Gasteiger partial charge on any atom is 0.325 e. The molecule has 2 aliphatic rings. The summed E-state index contributed by atoms with van der Waals surface area (Å²) in [5.74, 6) is 1.39. The highest BCUT2D eigenvalue weighted by molar-refractivity contribution is 6.07. The van der Waals surface area contributed by atoms with Crippen LogP contribution in [0.1, 0.15) is 30.4 Å². The van der Waals surface area contributed by atoms with Gasteiger partial charge in [-0.1, -0.05) is 24.3 Å². The van der Waals surface area contributed by atoms with E-state index in [0.717, 1.165) is 35.5 Å². The van der Waals surface area contributed by atoms with Gasteiger partial charge < -0.3 is 14.8 Å². The molecule has 1 aliphatic heterocycles. The first-order valence-corrected chi connectivity index (χ1v) is 9.63. The Hall–Kier alpha value is -3.02. The number of urea groups is 1. The molecular weight excluding hydrogens is 356 g/mol. The predicted octanol–water partition coefficient (Wildman–Crippen LogP) is 3.25. The minimum absolute atomic E-state index is 0.164. The highest BCUT2D eigenvalue weighted by Crippen LogP contribution is 2.41. The topological polar surface area (TPSA) is 67.9 Å². The maximum absolute atomic E-state index is 13.2. The first kappa shape index (κ1) is 18.3. The molecule has 0 bridgehead atoms. The second kappa shape index (κ2) is 7.54. The van der Waals surface area contributed by atoms with Crippen LogP contribution in [0.2, 0.25) is 0 Å². The van der Waals surface area contributed by atoms with Gasteiger partial charge in [0.2, 0.25) is 0 Å². The summed E-state index contributed by atoms with van der Waals surface area (Å²) in [6.07, 6.45) is 2.92. The third-order valence-electron chi connectivity index (χ3n) is 5.48. The van der Waals surface area contributed by atoms with Gasteiger partial charge in [-0.2, -0.15) is 0 Å². The van der Waals surface area contributed by atoms with Crippen molar-refractivity contribution in [2.45, 2.75) is 31.2 Å². The lowest BCUT2D eigenvalue weighted by molar-refractivity contribution is -0.132. The number of benzene rings is 2. The van der Waals surface area contributed by atoms with Crippen LogP contribution in [-0.2, 0) is 16.8 Å². The molecule has 4 rings (SSSR count). The average Bonchev–Trinajstić information content (AvgIpc) is 2.96. The van der Waals surface area contributed by atoms with Gasteiger partial charge in [0, 0.05) is 6.54 Å². The third-order valence-corrected chi connectivity index (χ3v) is 5.48. The number of carbonyl (C=O) groups excluding carboxylic acids is 2. The Morgan fingerprint density at radius 3 is 2.71 bits per heavy atom. The number of carbonyl (C=O) groups is 2. The zero-order chi connectivity index (χ0) is 19.6. The summed E-state index contributed by atoms with van der Waals surface area (Å²) in [4.78, 5) is 27.2. The number of nitrogens with zero attached hydrogens (tertiary/aromatic N) is 1. The van der Waals surface area contributed by atoms with Gasteiger partial charge in [-0.25, -0.2) is 4.79 Å². The van der Waals surface area contributed by atoms with Crippen molar-refractivity contribution in [1.82, 2.24) is 10.2 Å². The van der Waals surface area contributed by atoms with E-state index in [1.54, 1.807) is 7.11 Å². The summed E-state index contributed by atoms with van der Waals surface area (Å²) in [5.41, 5.74) is 1.01. The van der Waals surface area contributed by atoms with Crippen molar-refractivity contribution in [3.63, 3.8) is 0 Å². The second-order valence-electron chi connectivity index (χ2n) is 7.18. The van der Waals surface area contributed by atoms with Crippen molar-refractivity contribution in [2.75, 3.05) is 20.3 Å². The lowest BCUT2D eigenvalue weighted by Gasteiger charge is -2.33. The number of para-hydroxylation sites is 1.